The molecule has 1 fully saturated rings. The molecule has 0 radical (unpaired) electrons. The Balaban J connectivity index is 1.41. The van der Waals surface area contributed by atoms with E-state index in [0.717, 1.165) is 31.0 Å². The lowest BCUT2D eigenvalue weighted by molar-refractivity contribution is -0.730. The minimum absolute atomic E-state index is 0.439. The van der Waals surface area contributed by atoms with Crippen molar-refractivity contribution in [3.05, 3.63) is 64.7 Å². The Hall–Kier alpha value is -2.99. The van der Waals surface area contributed by atoms with Crippen LogP contribution in [0.4, 0.5) is 0 Å². The van der Waals surface area contributed by atoms with Gasteiger partial charge in [0.1, 0.15) is 7.05 Å². The number of aryl methyl sites for hydroxylation is 3. The van der Waals surface area contributed by atoms with E-state index in [1.807, 2.05) is 17.9 Å². The Morgan fingerprint density at radius 1 is 1.15 bits per heavy atom. The highest BCUT2D eigenvalue weighted by Crippen LogP contribution is 2.39. The smallest absolute Gasteiger partial charge is 0.232 e. The molecule has 3 aromatic heterocycles. The highest BCUT2D eigenvalue weighted by atomic mass is 15.4. The van der Waals surface area contributed by atoms with E-state index in [2.05, 4.69) is 83.3 Å². The van der Waals surface area contributed by atoms with Gasteiger partial charge in [-0.1, -0.05) is 25.1 Å². The van der Waals surface area contributed by atoms with Crippen LogP contribution < -0.4 is 4.68 Å². The minimum atomic E-state index is 0.439. The van der Waals surface area contributed by atoms with Crippen molar-refractivity contribution in [3.63, 3.8) is 0 Å². The molecule has 33 heavy (non-hydrogen) atoms. The molecule has 0 amide bonds. The Labute approximate surface area is 196 Å². The molecule has 4 aromatic rings. The van der Waals surface area contributed by atoms with E-state index < -0.39 is 0 Å². The van der Waals surface area contributed by atoms with Gasteiger partial charge in [0, 0.05) is 33.5 Å². The SMILES string of the molecule is Cc1cc(-c2[nH]c3ccc(C4CCN(Cc5c[n+](C)[nH]n5)CC4)cc3c2C(C)C)c(C)cn1. The van der Waals surface area contributed by atoms with Crippen molar-refractivity contribution in [1.29, 1.82) is 0 Å². The Kier molecular flexibility index (Phi) is 5.79. The summed E-state index contributed by atoms with van der Waals surface area (Å²) in [7, 11) is 1.98. The first-order valence-corrected chi connectivity index (χ1v) is 12.1. The van der Waals surface area contributed by atoms with Crippen LogP contribution in [0.2, 0.25) is 0 Å². The first-order chi connectivity index (χ1) is 15.9. The normalized spacial score (nSPS) is 15.7. The van der Waals surface area contributed by atoms with Crippen molar-refractivity contribution in [2.24, 2.45) is 7.05 Å². The fourth-order valence-electron chi connectivity index (χ4n) is 5.35. The largest absolute Gasteiger partial charge is 0.354 e. The number of H-pyrrole nitrogens is 2. The number of rotatable bonds is 5. The molecule has 0 bridgehead atoms. The van der Waals surface area contributed by atoms with E-state index in [4.69, 9.17) is 0 Å². The van der Waals surface area contributed by atoms with Gasteiger partial charge in [-0.15, -0.1) is 0 Å². The van der Waals surface area contributed by atoms with Crippen LogP contribution in [0.1, 0.15) is 66.6 Å². The van der Waals surface area contributed by atoms with Gasteiger partial charge in [-0.3, -0.25) is 9.88 Å². The molecule has 172 valence electrons. The predicted octanol–water partition coefficient (Wildman–Crippen LogP) is 4.90. The summed E-state index contributed by atoms with van der Waals surface area (Å²) in [5, 5.41) is 8.73. The average Bonchev–Trinajstić information content (AvgIpc) is 3.38. The van der Waals surface area contributed by atoms with Crippen molar-refractivity contribution >= 4 is 10.9 Å². The summed E-state index contributed by atoms with van der Waals surface area (Å²) < 4.78 is 1.91. The molecular weight excluding hydrogens is 408 g/mol. The van der Waals surface area contributed by atoms with Crippen LogP contribution in [0, 0.1) is 13.8 Å². The van der Waals surface area contributed by atoms with Gasteiger partial charge in [0.05, 0.1) is 12.2 Å². The molecule has 2 N–H and O–H groups in total. The zero-order chi connectivity index (χ0) is 23.1. The summed E-state index contributed by atoms with van der Waals surface area (Å²) in [6.45, 7) is 12.0. The molecule has 1 aliphatic heterocycles. The van der Waals surface area contributed by atoms with Gasteiger partial charge in [0.25, 0.3) is 0 Å². The van der Waals surface area contributed by atoms with E-state index in [1.165, 1.54) is 51.7 Å². The predicted molar refractivity (Wildman–Crippen MR) is 132 cm³/mol. The van der Waals surface area contributed by atoms with Crippen LogP contribution in [0.5, 0.6) is 0 Å². The second kappa shape index (κ2) is 8.75. The van der Waals surface area contributed by atoms with E-state index in [0.29, 0.717) is 11.8 Å². The fraction of sp³-hybridized carbons (Fsp3) is 0.444. The maximum atomic E-state index is 4.48. The number of aromatic nitrogens is 5. The van der Waals surface area contributed by atoms with Gasteiger partial charge in [0.15, 0.2) is 6.20 Å². The zero-order valence-electron chi connectivity index (χ0n) is 20.4. The lowest BCUT2D eigenvalue weighted by Crippen LogP contribution is -2.33. The number of benzene rings is 1. The van der Waals surface area contributed by atoms with Crippen molar-refractivity contribution in [1.82, 2.24) is 25.2 Å². The molecule has 0 atom stereocenters. The molecule has 6 nitrogen and oxygen atoms in total. The van der Waals surface area contributed by atoms with Gasteiger partial charge < -0.3 is 4.98 Å². The van der Waals surface area contributed by atoms with Crippen LogP contribution in [0.15, 0.2) is 36.7 Å². The number of hydrogen-bond donors (Lipinski definition) is 2. The topological polar surface area (TPSA) is 64.5 Å². The molecule has 0 aliphatic carbocycles. The lowest BCUT2D eigenvalue weighted by Gasteiger charge is -2.31. The summed E-state index contributed by atoms with van der Waals surface area (Å²) in [6, 6.07) is 9.30. The second-order valence-electron chi connectivity index (χ2n) is 10.0. The molecule has 4 heterocycles. The molecular formula is C27H35N6+. The van der Waals surface area contributed by atoms with Crippen LogP contribution in [0.3, 0.4) is 0 Å². The number of pyridine rings is 1. The fourth-order valence-corrected chi connectivity index (χ4v) is 5.35. The molecule has 5 rings (SSSR count). The Morgan fingerprint density at radius 3 is 2.64 bits per heavy atom. The summed E-state index contributed by atoms with van der Waals surface area (Å²) in [4.78, 5) is 10.7. The number of aromatic amines is 2. The average molecular weight is 444 g/mol. The number of nitrogens with one attached hydrogen (secondary N) is 2. The summed E-state index contributed by atoms with van der Waals surface area (Å²) in [5.41, 5.74) is 10.0. The van der Waals surface area contributed by atoms with Crippen molar-refractivity contribution in [2.75, 3.05) is 13.1 Å². The van der Waals surface area contributed by atoms with Gasteiger partial charge in [-0.05, 0) is 86.5 Å². The number of fused-ring (bicyclic) bond motifs is 1. The van der Waals surface area contributed by atoms with Crippen LogP contribution in [0.25, 0.3) is 22.2 Å². The van der Waals surface area contributed by atoms with Gasteiger partial charge in [-0.2, -0.15) is 4.68 Å². The minimum Gasteiger partial charge on any atom is -0.354 e. The van der Waals surface area contributed by atoms with Gasteiger partial charge in [0.2, 0.25) is 5.69 Å². The van der Waals surface area contributed by atoms with Crippen molar-refractivity contribution < 1.29 is 4.68 Å². The van der Waals surface area contributed by atoms with Gasteiger partial charge in [-0.25, -0.2) is 0 Å². The molecule has 0 unspecified atom stereocenters. The second-order valence-corrected chi connectivity index (χ2v) is 10.0. The molecule has 0 saturated carbocycles. The number of hydrogen-bond acceptors (Lipinski definition) is 3. The third kappa shape index (κ3) is 4.32. The number of piperidine rings is 1. The third-order valence-electron chi connectivity index (χ3n) is 7.09. The van der Waals surface area contributed by atoms with E-state index in [-0.39, 0.29) is 0 Å². The summed E-state index contributed by atoms with van der Waals surface area (Å²) in [6.07, 6.45) is 6.45. The number of nitrogens with zero attached hydrogens (tertiary/aromatic N) is 4. The highest BCUT2D eigenvalue weighted by Gasteiger charge is 2.24. The van der Waals surface area contributed by atoms with Gasteiger partial charge >= 0.3 is 0 Å². The standard InChI is InChI=1S/C27H34N6/c1-17(2)26-24-13-21(20-8-10-33(11-9-20)16-22-15-32(5)31-30-22)6-7-25(24)29-27(26)23-12-19(4)28-14-18(23)3/h6-7,12-15,17,20H,8-11,16H2,1-5H3,(H,28,29)/p+1. The Bertz CT molecular complexity index is 1270. The van der Waals surface area contributed by atoms with Crippen LogP contribution >= 0.6 is 0 Å². The van der Waals surface area contributed by atoms with E-state index in [9.17, 15) is 0 Å². The van der Waals surface area contributed by atoms with Crippen LogP contribution in [-0.2, 0) is 13.6 Å². The summed E-state index contributed by atoms with van der Waals surface area (Å²) in [5.74, 6) is 1.05. The maximum Gasteiger partial charge on any atom is 0.232 e. The first kappa shape index (κ1) is 21.8. The first-order valence-electron chi connectivity index (χ1n) is 12.1. The van der Waals surface area contributed by atoms with Crippen molar-refractivity contribution in [3.8, 4) is 11.3 Å². The zero-order valence-corrected chi connectivity index (χ0v) is 20.4. The monoisotopic (exact) mass is 443 g/mol. The third-order valence-corrected chi connectivity index (χ3v) is 7.09. The lowest BCUT2D eigenvalue weighted by atomic mass is 9.87. The quantitative estimate of drug-likeness (QED) is 0.431. The molecule has 1 saturated heterocycles. The summed E-state index contributed by atoms with van der Waals surface area (Å²) >= 11 is 0. The molecule has 6 heteroatoms. The molecule has 1 aliphatic rings. The van der Waals surface area contributed by atoms with Crippen molar-refractivity contribution in [2.45, 2.75) is 58.9 Å². The van der Waals surface area contributed by atoms with E-state index >= 15 is 0 Å². The van der Waals surface area contributed by atoms with Crippen LogP contribution in [-0.4, -0.2) is 38.3 Å². The Morgan fingerprint density at radius 2 is 1.94 bits per heavy atom. The maximum absolute atomic E-state index is 4.48. The van der Waals surface area contributed by atoms with E-state index in [1.54, 1.807) is 0 Å². The highest BCUT2D eigenvalue weighted by molar-refractivity contribution is 5.92. The molecule has 0 spiro atoms. The number of likely N-dealkylation sites (tertiary alicyclic amines) is 1. The molecule has 1 aromatic carbocycles.